The molecule has 1 aromatic carbocycles. The molecule has 0 saturated heterocycles. The van der Waals surface area contributed by atoms with Crippen molar-refractivity contribution in [1.29, 1.82) is 0 Å². The molecule has 2 N–H and O–H groups in total. The Morgan fingerprint density at radius 1 is 1.24 bits per heavy atom. The standard InChI is InChI=1S/C12H14O5/c1-17-12(11(15)16,8-10(13)14)7-9-5-3-2-4-6-9/h2-6H,7-8H2,1H3,(H,13,14)(H,15,16). The van der Waals surface area contributed by atoms with Crippen LogP contribution in [0.15, 0.2) is 30.3 Å². The molecule has 1 rings (SSSR count). The molecule has 0 aromatic heterocycles. The van der Waals surface area contributed by atoms with Crippen LogP contribution in [0.5, 0.6) is 0 Å². The second kappa shape index (κ2) is 5.45. The molecule has 5 heteroatoms. The van der Waals surface area contributed by atoms with Crippen molar-refractivity contribution in [2.24, 2.45) is 0 Å². The zero-order chi connectivity index (χ0) is 12.9. The van der Waals surface area contributed by atoms with Gasteiger partial charge in [0.2, 0.25) is 0 Å². The summed E-state index contributed by atoms with van der Waals surface area (Å²) < 4.78 is 4.93. The number of hydrogen-bond donors (Lipinski definition) is 2. The highest BCUT2D eigenvalue weighted by molar-refractivity contribution is 5.84. The number of benzene rings is 1. The summed E-state index contributed by atoms with van der Waals surface area (Å²) in [4.78, 5) is 21.9. The zero-order valence-corrected chi connectivity index (χ0v) is 9.42. The van der Waals surface area contributed by atoms with Gasteiger partial charge in [0.1, 0.15) is 0 Å². The van der Waals surface area contributed by atoms with Gasteiger partial charge in [-0.1, -0.05) is 30.3 Å². The van der Waals surface area contributed by atoms with E-state index >= 15 is 0 Å². The van der Waals surface area contributed by atoms with E-state index in [0.29, 0.717) is 0 Å². The summed E-state index contributed by atoms with van der Waals surface area (Å²) in [5, 5.41) is 17.9. The van der Waals surface area contributed by atoms with E-state index in [0.717, 1.165) is 5.56 Å². The van der Waals surface area contributed by atoms with Gasteiger partial charge >= 0.3 is 11.9 Å². The molecule has 0 fully saturated rings. The van der Waals surface area contributed by atoms with Crippen molar-refractivity contribution in [2.45, 2.75) is 18.4 Å². The topological polar surface area (TPSA) is 83.8 Å². The van der Waals surface area contributed by atoms with Gasteiger partial charge in [0.05, 0.1) is 6.42 Å². The van der Waals surface area contributed by atoms with Crippen molar-refractivity contribution in [1.82, 2.24) is 0 Å². The van der Waals surface area contributed by atoms with Crippen LogP contribution >= 0.6 is 0 Å². The largest absolute Gasteiger partial charge is 0.481 e. The van der Waals surface area contributed by atoms with E-state index in [4.69, 9.17) is 14.9 Å². The summed E-state index contributed by atoms with van der Waals surface area (Å²) in [6.45, 7) is 0. The molecule has 92 valence electrons. The summed E-state index contributed by atoms with van der Waals surface area (Å²) in [6, 6.07) is 8.80. The van der Waals surface area contributed by atoms with E-state index in [-0.39, 0.29) is 6.42 Å². The van der Waals surface area contributed by atoms with Crippen molar-refractivity contribution in [3.05, 3.63) is 35.9 Å². The highest BCUT2D eigenvalue weighted by atomic mass is 16.5. The number of carboxylic acid groups (broad SMARTS) is 2. The first kappa shape index (κ1) is 13.2. The Labute approximate surface area is 98.6 Å². The number of carbonyl (C=O) groups is 2. The van der Waals surface area contributed by atoms with Gasteiger partial charge in [0.15, 0.2) is 5.60 Å². The molecule has 0 amide bonds. The van der Waals surface area contributed by atoms with Crippen LogP contribution in [0.2, 0.25) is 0 Å². The molecule has 0 aliphatic heterocycles. The minimum atomic E-state index is -1.72. The van der Waals surface area contributed by atoms with Crippen LogP contribution in [-0.4, -0.2) is 34.9 Å². The number of carboxylic acids is 2. The summed E-state index contributed by atoms with van der Waals surface area (Å²) in [5.41, 5.74) is -0.995. The van der Waals surface area contributed by atoms with Crippen LogP contribution < -0.4 is 0 Å². The molecular weight excluding hydrogens is 224 g/mol. The summed E-state index contributed by atoms with van der Waals surface area (Å²) in [5.74, 6) is -2.48. The molecule has 1 aromatic rings. The fourth-order valence-electron chi connectivity index (χ4n) is 1.62. The Morgan fingerprint density at radius 2 is 1.82 bits per heavy atom. The van der Waals surface area contributed by atoms with Crippen molar-refractivity contribution in [3.63, 3.8) is 0 Å². The maximum atomic E-state index is 11.2. The quantitative estimate of drug-likeness (QED) is 0.777. The van der Waals surface area contributed by atoms with Crippen LogP contribution in [0, 0.1) is 0 Å². The predicted molar refractivity (Wildman–Crippen MR) is 59.8 cm³/mol. The van der Waals surface area contributed by atoms with E-state index in [1.807, 2.05) is 0 Å². The third-order valence-corrected chi connectivity index (χ3v) is 2.55. The van der Waals surface area contributed by atoms with Gasteiger partial charge in [-0.05, 0) is 5.56 Å². The Morgan fingerprint density at radius 3 is 2.24 bits per heavy atom. The summed E-state index contributed by atoms with van der Waals surface area (Å²) in [7, 11) is 1.21. The number of ether oxygens (including phenoxy) is 1. The van der Waals surface area contributed by atoms with Crippen molar-refractivity contribution in [2.75, 3.05) is 7.11 Å². The lowest BCUT2D eigenvalue weighted by molar-refractivity contribution is -0.169. The van der Waals surface area contributed by atoms with E-state index in [2.05, 4.69) is 0 Å². The molecule has 0 bridgehead atoms. The Bertz CT molecular complexity index is 401. The number of aliphatic carboxylic acids is 2. The molecule has 0 aliphatic carbocycles. The fourth-order valence-corrected chi connectivity index (χ4v) is 1.62. The Hall–Kier alpha value is -1.88. The second-order valence-electron chi connectivity index (χ2n) is 3.74. The highest BCUT2D eigenvalue weighted by Crippen LogP contribution is 2.22. The number of hydrogen-bond acceptors (Lipinski definition) is 3. The monoisotopic (exact) mass is 238 g/mol. The predicted octanol–water partition coefficient (Wildman–Crippen LogP) is 1.17. The molecular formula is C12H14O5. The molecule has 0 saturated carbocycles. The first-order valence-electron chi connectivity index (χ1n) is 5.04. The SMILES string of the molecule is COC(CC(=O)O)(Cc1ccccc1)C(=O)O. The first-order chi connectivity index (χ1) is 8.00. The summed E-state index contributed by atoms with van der Waals surface area (Å²) >= 11 is 0. The molecule has 1 atom stereocenters. The first-order valence-corrected chi connectivity index (χ1v) is 5.04. The van der Waals surface area contributed by atoms with Gasteiger partial charge in [-0.25, -0.2) is 4.79 Å². The van der Waals surface area contributed by atoms with Crippen molar-refractivity contribution >= 4 is 11.9 Å². The lowest BCUT2D eigenvalue weighted by atomic mass is 9.91. The van der Waals surface area contributed by atoms with Gasteiger partial charge in [0.25, 0.3) is 0 Å². The molecule has 0 radical (unpaired) electrons. The molecule has 5 nitrogen and oxygen atoms in total. The summed E-state index contributed by atoms with van der Waals surface area (Å²) in [6.07, 6.45) is -0.556. The van der Waals surface area contributed by atoms with E-state index in [1.54, 1.807) is 30.3 Å². The van der Waals surface area contributed by atoms with Gasteiger partial charge in [0, 0.05) is 13.5 Å². The Kier molecular flexibility index (Phi) is 4.23. The van der Waals surface area contributed by atoms with E-state index < -0.39 is 24.0 Å². The Balaban J connectivity index is 2.98. The fraction of sp³-hybridized carbons (Fsp3) is 0.333. The van der Waals surface area contributed by atoms with Crippen molar-refractivity contribution in [3.8, 4) is 0 Å². The molecule has 17 heavy (non-hydrogen) atoms. The molecule has 0 aliphatic rings. The third-order valence-electron chi connectivity index (χ3n) is 2.55. The number of rotatable bonds is 6. The normalized spacial score (nSPS) is 13.9. The third kappa shape index (κ3) is 3.29. The zero-order valence-electron chi connectivity index (χ0n) is 9.42. The highest BCUT2D eigenvalue weighted by Gasteiger charge is 2.41. The lowest BCUT2D eigenvalue weighted by Gasteiger charge is -2.26. The minimum absolute atomic E-state index is 0.0198. The van der Waals surface area contributed by atoms with Crippen LogP contribution in [0.3, 0.4) is 0 Å². The van der Waals surface area contributed by atoms with Gasteiger partial charge in [-0.2, -0.15) is 0 Å². The van der Waals surface area contributed by atoms with Gasteiger partial charge in [-0.3, -0.25) is 4.79 Å². The maximum Gasteiger partial charge on any atom is 0.336 e. The van der Waals surface area contributed by atoms with Crippen LogP contribution in [0.4, 0.5) is 0 Å². The minimum Gasteiger partial charge on any atom is -0.481 e. The second-order valence-corrected chi connectivity index (χ2v) is 3.74. The average molecular weight is 238 g/mol. The van der Waals surface area contributed by atoms with Gasteiger partial charge < -0.3 is 14.9 Å². The number of methoxy groups -OCH3 is 1. The lowest BCUT2D eigenvalue weighted by Crippen LogP contribution is -2.44. The van der Waals surface area contributed by atoms with Crippen molar-refractivity contribution < 1.29 is 24.5 Å². The van der Waals surface area contributed by atoms with E-state index in [1.165, 1.54) is 7.11 Å². The van der Waals surface area contributed by atoms with Crippen LogP contribution in [-0.2, 0) is 20.7 Å². The smallest absolute Gasteiger partial charge is 0.336 e. The van der Waals surface area contributed by atoms with Gasteiger partial charge in [-0.15, -0.1) is 0 Å². The molecule has 0 spiro atoms. The maximum absolute atomic E-state index is 11.2. The van der Waals surface area contributed by atoms with Crippen LogP contribution in [0.25, 0.3) is 0 Å². The van der Waals surface area contributed by atoms with Crippen LogP contribution in [0.1, 0.15) is 12.0 Å². The average Bonchev–Trinajstić information content (AvgIpc) is 2.28. The molecule has 0 heterocycles. The molecule has 1 unspecified atom stereocenters. The van der Waals surface area contributed by atoms with E-state index in [9.17, 15) is 9.59 Å².